The molecule has 3 nitrogen and oxygen atoms in total. The molecule has 0 unspecified atom stereocenters. The van der Waals surface area contributed by atoms with Crippen LogP contribution in [0.15, 0.2) is 16.5 Å². The Labute approximate surface area is 89.5 Å². The number of hydrogen-bond acceptors (Lipinski definition) is 3. The number of hydrogen-bond donors (Lipinski definition) is 0. The molecule has 0 saturated heterocycles. The molecule has 0 spiro atoms. The third-order valence-electron chi connectivity index (χ3n) is 2.32. The van der Waals surface area contributed by atoms with Gasteiger partial charge in [0.15, 0.2) is 0 Å². The summed E-state index contributed by atoms with van der Waals surface area (Å²) in [5, 5.41) is 0. The number of fused-ring (bicyclic) bond motifs is 1. The molecular formula is C12H16N2O. The molecule has 0 aliphatic heterocycles. The van der Waals surface area contributed by atoms with Crippen molar-refractivity contribution in [2.45, 2.75) is 39.5 Å². The maximum atomic E-state index is 5.65. The highest BCUT2D eigenvalue weighted by Crippen LogP contribution is 2.24. The Balaban J connectivity index is 2.56. The zero-order valence-corrected chi connectivity index (χ0v) is 9.66. The summed E-state index contributed by atoms with van der Waals surface area (Å²) in [7, 11) is 0. The van der Waals surface area contributed by atoms with E-state index in [0.29, 0.717) is 5.71 Å². The number of nitrogens with zero attached hydrogens (tertiary/aromatic N) is 2. The van der Waals surface area contributed by atoms with E-state index in [9.17, 15) is 0 Å². The van der Waals surface area contributed by atoms with E-state index in [2.05, 4.69) is 37.7 Å². The van der Waals surface area contributed by atoms with Gasteiger partial charge in [-0.2, -0.15) is 0 Å². The molecule has 2 aromatic rings. The third-order valence-corrected chi connectivity index (χ3v) is 2.32. The normalized spacial score (nSPS) is 12.3. The summed E-state index contributed by atoms with van der Waals surface area (Å²) in [4.78, 5) is 8.83. The van der Waals surface area contributed by atoms with Gasteiger partial charge >= 0.3 is 0 Å². The van der Waals surface area contributed by atoms with Gasteiger partial charge in [0.2, 0.25) is 11.6 Å². The highest BCUT2D eigenvalue weighted by molar-refractivity contribution is 5.68. The van der Waals surface area contributed by atoms with Gasteiger partial charge in [-0.15, -0.1) is 0 Å². The highest BCUT2D eigenvalue weighted by atomic mass is 16.4. The molecule has 0 radical (unpaired) electrons. The molecule has 0 N–H and O–H groups in total. The van der Waals surface area contributed by atoms with E-state index < -0.39 is 0 Å². The van der Waals surface area contributed by atoms with Gasteiger partial charge in [-0.25, -0.2) is 9.97 Å². The van der Waals surface area contributed by atoms with Gasteiger partial charge in [0.25, 0.3) is 0 Å². The van der Waals surface area contributed by atoms with Crippen LogP contribution >= 0.6 is 0 Å². The van der Waals surface area contributed by atoms with Crippen LogP contribution in [0.4, 0.5) is 0 Å². The highest BCUT2D eigenvalue weighted by Gasteiger charge is 2.21. The van der Waals surface area contributed by atoms with Crippen LogP contribution in [0, 0.1) is 0 Å². The van der Waals surface area contributed by atoms with Gasteiger partial charge in [-0.3, -0.25) is 0 Å². The summed E-state index contributed by atoms with van der Waals surface area (Å²) in [6.45, 7) is 8.32. The van der Waals surface area contributed by atoms with E-state index in [4.69, 9.17) is 4.42 Å². The average Bonchev–Trinajstić information content (AvgIpc) is 2.59. The van der Waals surface area contributed by atoms with E-state index in [1.54, 1.807) is 0 Å². The third kappa shape index (κ3) is 1.87. The molecule has 0 amide bonds. The van der Waals surface area contributed by atoms with Gasteiger partial charge < -0.3 is 4.42 Å². The fourth-order valence-electron chi connectivity index (χ4n) is 1.37. The van der Waals surface area contributed by atoms with Gasteiger partial charge in [-0.05, 0) is 18.6 Å². The standard InChI is InChI=1S/C12H16N2O/c1-5-8-6-7-9-10(13-8)15-11(14-9)12(2,3)4/h6-7H,5H2,1-4H3. The smallest absolute Gasteiger partial charge is 0.247 e. The van der Waals surface area contributed by atoms with Crippen LogP contribution in [-0.4, -0.2) is 9.97 Å². The van der Waals surface area contributed by atoms with Crippen molar-refractivity contribution in [1.29, 1.82) is 0 Å². The van der Waals surface area contributed by atoms with Crippen LogP contribution in [0.5, 0.6) is 0 Å². The minimum Gasteiger partial charge on any atom is -0.422 e. The fourth-order valence-corrected chi connectivity index (χ4v) is 1.37. The summed E-state index contributed by atoms with van der Waals surface area (Å²) in [5.74, 6) is 0.748. The van der Waals surface area contributed by atoms with Crippen molar-refractivity contribution >= 4 is 11.2 Å². The molecule has 0 saturated carbocycles. The van der Waals surface area contributed by atoms with E-state index in [0.717, 1.165) is 23.5 Å². The van der Waals surface area contributed by atoms with Crippen molar-refractivity contribution in [2.24, 2.45) is 0 Å². The predicted molar refractivity (Wildman–Crippen MR) is 59.9 cm³/mol. The molecular weight excluding hydrogens is 188 g/mol. The second-order valence-electron chi connectivity index (χ2n) is 4.75. The first-order chi connectivity index (χ1) is 7.00. The minimum absolute atomic E-state index is 0.0624. The second kappa shape index (κ2) is 3.33. The van der Waals surface area contributed by atoms with Gasteiger partial charge in [0.1, 0.15) is 5.52 Å². The molecule has 2 aromatic heterocycles. The predicted octanol–water partition coefficient (Wildman–Crippen LogP) is 3.08. The molecule has 0 aliphatic carbocycles. The van der Waals surface area contributed by atoms with Gasteiger partial charge in [0, 0.05) is 11.1 Å². The minimum atomic E-state index is -0.0624. The Bertz CT molecular complexity index is 480. The van der Waals surface area contributed by atoms with Crippen LogP contribution in [-0.2, 0) is 11.8 Å². The summed E-state index contributed by atoms with van der Waals surface area (Å²) in [6, 6.07) is 3.97. The first-order valence-corrected chi connectivity index (χ1v) is 5.27. The average molecular weight is 204 g/mol. The maximum Gasteiger partial charge on any atom is 0.247 e. The summed E-state index contributed by atoms with van der Waals surface area (Å²) < 4.78 is 5.65. The van der Waals surface area contributed by atoms with Crippen LogP contribution in [0.2, 0.25) is 0 Å². The van der Waals surface area contributed by atoms with Crippen LogP contribution in [0.25, 0.3) is 11.2 Å². The van der Waals surface area contributed by atoms with Crippen molar-refractivity contribution < 1.29 is 4.42 Å². The second-order valence-corrected chi connectivity index (χ2v) is 4.75. The SMILES string of the molecule is CCc1ccc2nc(C(C)(C)C)oc2n1. The number of rotatable bonds is 1. The van der Waals surface area contributed by atoms with Crippen molar-refractivity contribution in [2.75, 3.05) is 0 Å². The van der Waals surface area contributed by atoms with E-state index in [1.807, 2.05) is 12.1 Å². The van der Waals surface area contributed by atoms with Crippen molar-refractivity contribution in [3.05, 3.63) is 23.7 Å². The van der Waals surface area contributed by atoms with Crippen molar-refractivity contribution in [1.82, 2.24) is 9.97 Å². The first-order valence-electron chi connectivity index (χ1n) is 5.27. The van der Waals surface area contributed by atoms with E-state index >= 15 is 0 Å². The Kier molecular flexibility index (Phi) is 2.25. The molecule has 2 heterocycles. The largest absolute Gasteiger partial charge is 0.422 e. The lowest BCUT2D eigenvalue weighted by atomic mass is 9.97. The summed E-state index contributed by atoms with van der Waals surface area (Å²) in [6.07, 6.45) is 0.918. The molecule has 3 heteroatoms. The van der Waals surface area contributed by atoms with Crippen molar-refractivity contribution in [3.63, 3.8) is 0 Å². The lowest BCUT2D eigenvalue weighted by molar-refractivity contribution is 0.407. The van der Waals surface area contributed by atoms with Crippen molar-refractivity contribution in [3.8, 4) is 0 Å². The monoisotopic (exact) mass is 204 g/mol. The number of pyridine rings is 1. The molecule has 0 fully saturated rings. The molecule has 0 bridgehead atoms. The molecule has 0 aromatic carbocycles. The zero-order valence-electron chi connectivity index (χ0n) is 9.66. The van der Waals surface area contributed by atoms with E-state index in [-0.39, 0.29) is 5.41 Å². The number of aromatic nitrogens is 2. The Hall–Kier alpha value is -1.38. The topological polar surface area (TPSA) is 38.9 Å². The van der Waals surface area contributed by atoms with Crippen LogP contribution in [0.1, 0.15) is 39.3 Å². The first kappa shape index (κ1) is 10.1. The summed E-state index contributed by atoms with van der Waals surface area (Å²) in [5.41, 5.74) is 2.48. The molecule has 80 valence electrons. The Morgan fingerprint density at radius 3 is 2.53 bits per heavy atom. The Morgan fingerprint density at radius 1 is 1.20 bits per heavy atom. The van der Waals surface area contributed by atoms with Crippen LogP contribution in [0.3, 0.4) is 0 Å². The lowest BCUT2D eigenvalue weighted by Crippen LogP contribution is -2.10. The Morgan fingerprint density at radius 2 is 1.93 bits per heavy atom. The quantitative estimate of drug-likeness (QED) is 0.716. The van der Waals surface area contributed by atoms with Gasteiger partial charge in [0.05, 0.1) is 0 Å². The maximum absolute atomic E-state index is 5.65. The zero-order chi connectivity index (χ0) is 11.1. The summed E-state index contributed by atoms with van der Waals surface area (Å²) >= 11 is 0. The lowest BCUT2D eigenvalue weighted by Gasteiger charge is -2.11. The van der Waals surface area contributed by atoms with Crippen LogP contribution < -0.4 is 0 Å². The van der Waals surface area contributed by atoms with Gasteiger partial charge in [-0.1, -0.05) is 27.7 Å². The fraction of sp³-hybridized carbons (Fsp3) is 0.500. The molecule has 15 heavy (non-hydrogen) atoms. The number of oxazole rings is 1. The van der Waals surface area contributed by atoms with E-state index in [1.165, 1.54) is 0 Å². The molecule has 0 aliphatic rings. The molecule has 2 rings (SSSR count). The number of aryl methyl sites for hydroxylation is 1. The molecule has 0 atom stereocenters.